The number of aliphatic hydroxyl groups is 1. The van der Waals surface area contributed by atoms with E-state index in [-0.39, 0.29) is 34.7 Å². The number of fused-ring (bicyclic) bond motifs is 3. The highest BCUT2D eigenvalue weighted by Crippen LogP contribution is 2.29. The molecule has 312 valence electrons. The van der Waals surface area contributed by atoms with Gasteiger partial charge in [-0.15, -0.1) is 0 Å². The predicted molar refractivity (Wildman–Crippen MR) is 217 cm³/mol. The van der Waals surface area contributed by atoms with E-state index < -0.39 is 53.9 Å². The lowest BCUT2D eigenvalue weighted by Crippen LogP contribution is -2.37. The number of aryl methyl sites for hydroxylation is 1. The Balaban J connectivity index is 1.39. The largest absolute Gasteiger partial charge is 0.440 e. The molecule has 2 aromatic rings. The zero-order chi connectivity index (χ0) is 41.9. The molecule has 5 rings (SSSR count). The van der Waals surface area contributed by atoms with E-state index in [0.29, 0.717) is 74.5 Å². The van der Waals surface area contributed by atoms with E-state index in [1.165, 1.54) is 38.5 Å². The minimum atomic E-state index is -1.02. The predicted octanol–water partition coefficient (Wildman–Crippen LogP) is 3.54. The zero-order valence-corrected chi connectivity index (χ0v) is 33.7. The minimum Gasteiger partial charge on any atom is -0.440 e. The molecule has 6 atom stereocenters. The van der Waals surface area contributed by atoms with Gasteiger partial charge < -0.3 is 49.7 Å². The van der Waals surface area contributed by atoms with Crippen LogP contribution in [-0.2, 0) is 39.8 Å². The maximum Gasteiger partial charge on any atom is 0.405 e. The Labute approximate surface area is 337 Å². The summed E-state index contributed by atoms with van der Waals surface area (Å²) < 4.78 is 28.4. The van der Waals surface area contributed by atoms with Crippen molar-refractivity contribution < 1.29 is 47.6 Å². The Morgan fingerprint density at radius 2 is 1.84 bits per heavy atom. The number of rotatable bonds is 9. The summed E-state index contributed by atoms with van der Waals surface area (Å²) in [5.74, 6) is -1.89. The maximum absolute atomic E-state index is 14.0. The number of carbonyl (C=O) groups is 4. The molecule has 0 unspecified atom stereocenters. The molecule has 15 heteroatoms. The lowest BCUT2D eigenvalue weighted by atomic mass is 9.85. The van der Waals surface area contributed by atoms with Crippen LogP contribution in [0.1, 0.15) is 45.6 Å². The molecule has 1 saturated heterocycles. The van der Waals surface area contributed by atoms with Gasteiger partial charge in [-0.25, -0.2) is 4.79 Å². The second kappa shape index (κ2) is 20.4. The number of para-hydroxylation sites is 1. The summed E-state index contributed by atoms with van der Waals surface area (Å²) >= 11 is 0. The van der Waals surface area contributed by atoms with Gasteiger partial charge in [0.25, 0.3) is 0 Å². The van der Waals surface area contributed by atoms with Gasteiger partial charge in [0.05, 0.1) is 42.2 Å². The van der Waals surface area contributed by atoms with Crippen LogP contribution in [-0.4, -0.2) is 100 Å². The third-order valence-electron chi connectivity index (χ3n) is 10.5. The summed E-state index contributed by atoms with van der Waals surface area (Å²) in [6.07, 6.45) is 5.58. The monoisotopic (exact) mass is 802 g/mol. The first-order chi connectivity index (χ1) is 27.8. The van der Waals surface area contributed by atoms with Crippen molar-refractivity contribution in [2.75, 3.05) is 52.0 Å². The van der Waals surface area contributed by atoms with Gasteiger partial charge in [-0.3, -0.25) is 19.2 Å². The molecule has 5 N–H and O–H groups in total. The molecule has 58 heavy (non-hydrogen) atoms. The molecule has 1 aromatic carbocycles. The van der Waals surface area contributed by atoms with Crippen LogP contribution < -0.4 is 26.7 Å². The number of primary amides is 1. The number of hydrogen-bond acceptors (Lipinski definition) is 13. The highest BCUT2D eigenvalue weighted by molar-refractivity contribution is 6.23. The van der Waals surface area contributed by atoms with Gasteiger partial charge in [0, 0.05) is 63.6 Å². The summed E-state index contributed by atoms with van der Waals surface area (Å²) in [5.41, 5.74) is 7.32. The number of aliphatic hydroxyl groups excluding tert-OH is 1. The number of Topliss-reactive ketones (excluding diaryl/α,β-unsaturated/α-hetero) is 1. The fraction of sp³-hybridized carbons (Fsp3) is 0.465. The first kappa shape index (κ1) is 43.8. The van der Waals surface area contributed by atoms with Crippen molar-refractivity contribution in [3.05, 3.63) is 99.0 Å². The Morgan fingerprint density at radius 1 is 1.09 bits per heavy atom. The van der Waals surface area contributed by atoms with Gasteiger partial charge in [-0.2, -0.15) is 0 Å². The van der Waals surface area contributed by atoms with Crippen LogP contribution in [0.2, 0.25) is 0 Å². The second-order valence-corrected chi connectivity index (χ2v) is 14.8. The minimum absolute atomic E-state index is 0.130. The summed E-state index contributed by atoms with van der Waals surface area (Å²) in [7, 11) is 2.91. The molecule has 2 amide bonds. The Hall–Kier alpha value is -5.35. The Morgan fingerprint density at radius 3 is 2.55 bits per heavy atom. The number of nitrogens with one attached hydrogen (secondary N) is 2. The number of allylic oxidation sites excluding steroid dienone is 4. The molecular formula is C43H54N4O11. The highest BCUT2D eigenvalue weighted by atomic mass is 16.6. The van der Waals surface area contributed by atoms with Crippen LogP contribution in [0.3, 0.4) is 0 Å². The van der Waals surface area contributed by atoms with E-state index in [1.807, 2.05) is 24.0 Å². The number of methoxy groups -OCH3 is 2. The van der Waals surface area contributed by atoms with Crippen LogP contribution in [0.5, 0.6) is 0 Å². The van der Waals surface area contributed by atoms with E-state index in [2.05, 4.69) is 10.6 Å². The zero-order valence-electron chi connectivity index (χ0n) is 33.7. The van der Waals surface area contributed by atoms with Crippen LogP contribution in [0.15, 0.2) is 92.5 Å². The van der Waals surface area contributed by atoms with E-state index in [0.717, 1.165) is 11.6 Å². The molecule has 0 radical (unpaired) electrons. The summed E-state index contributed by atoms with van der Waals surface area (Å²) in [6, 6.07) is 6.97. The number of nitrogens with two attached hydrogens (primary N) is 1. The fourth-order valence-corrected chi connectivity index (χ4v) is 7.52. The third-order valence-corrected chi connectivity index (χ3v) is 10.5. The lowest BCUT2D eigenvalue weighted by molar-refractivity contribution is -0.119. The van der Waals surface area contributed by atoms with Crippen LogP contribution in [0.4, 0.5) is 10.7 Å². The molecule has 0 spiro atoms. The molecule has 0 saturated carbocycles. The maximum atomic E-state index is 14.0. The van der Waals surface area contributed by atoms with Gasteiger partial charge in [-0.05, 0) is 55.7 Å². The van der Waals surface area contributed by atoms with Gasteiger partial charge in [0.2, 0.25) is 17.5 Å². The second-order valence-electron chi connectivity index (χ2n) is 14.8. The molecule has 1 fully saturated rings. The number of benzene rings is 1. The summed E-state index contributed by atoms with van der Waals surface area (Å²) in [6.45, 7) is 8.05. The third kappa shape index (κ3) is 11.0. The van der Waals surface area contributed by atoms with E-state index in [9.17, 15) is 29.1 Å². The Bertz CT molecular complexity index is 2060. The van der Waals surface area contributed by atoms with Crippen molar-refractivity contribution in [1.29, 1.82) is 0 Å². The first-order valence-electron chi connectivity index (χ1n) is 19.5. The molecule has 2 aliphatic heterocycles. The lowest BCUT2D eigenvalue weighted by Gasteiger charge is -2.30. The first-order valence-corrected chi connectivity index (χ1v) is 19.5. The number of ketones is 2. The normalized spacial score (nSPS) is 27.3. The number of ether oxygens (including phenoxy) is 4. The van der Waals surface area contributed by atoms with Crippen molar-refractivity contribution in [3.63, 3.8) is 0 Å². The smallest absolute Gasteiger partial charge is 0.405 e. The van der Waals surface area contributed by atoms with Crippen LogP contribution in [0, 0.1) is 11.8 Å². The SMILES string of the molecule is CO[C@H]1/C=C\C=C\C(=O)NC2=CC(=O)C(NCCCc3cccc4c(=O)cc(N5CCOCC5)oc34)=C(C[C@@H](C)C[C@H](OC)[C@H](O)[C@@H](C)/C=C(\C)[C@@H]1OC(N)=O)C2=O. The number of anilines is 1. The van der Waals surface area contributed by atoms with Crippen LogP contribution in [0.25, 0.3) is 11.0 Å². The van der Waals surface area contributed by atoms with E-state index in [1.54, 1.807) is 32.1 Å². The molecule has 1 aromatic heterocycles. The van der Waals surface area contributed by atoms with Crippen LogP contribution >= 0.6 is 0 Å². The molecule has 3 aliphatic rings. The van der Waals surface area contributed by atoms with Crippen molar-refractivity contribution in [2.24, 2.45) is 17.6 Å². The number of amides is 2. The highest BCUT2D eigenvalue weighted by Gasteiger charge is 2.33. The number of morpholine rings is 1. The van der Waals surface area contributed by atoms with Gasteiger partial charge in [-0.1, -0.05) is 50.3 Å². The van der Waals surface area contributed by atoms with Crippen molar-refractivity contribution in [1.82, 2.24) is 10.6 Å². The molecular weight excluding hydrogens is 748 g/mol. The molecule has 2 bridgehead atoms. The number of carbonyl (C=O) groups excluding carboxylic acids is 4. The number of hydrogen-bond donors (Lipinski definition) is 4. The molecule has 1 aliphatic carbocycles. The summed E-state index contributed by atoms with van der Waals surface area (Å²) in [5, 5.41) is 17.7. The fourth-order valence-electron chi connectivity index (χ4n) is 7.52. The topological polar surface area (TPSA) is 209 Å². The van der Waals surface area contributed by atoms with Gasteiger partial charge in [0.15, 0.2) is 17.4 Å². The van der Waals surface area contributed by atoms with Gasteiger partial charge >= 0.3 is 6.09 Å². The van der Waals surface area contributed by atoms with E-state index >= 15 is 0 Å². The molecule has 3 heterocycles. The number of nitrogens with zero attached hydrogens (tertiary/aromatic N) is 1. The van der Waals surface area contributed by atoms with Gasteiger partial charge in [0.1, 0.15) is 11.7 Å². The van der Waals surface area contributed by atoms with Crippen molar-refractivity contribution >= 4 is 40.4 Å². The average Bonchev–Trinajstić information content (AvgIpc) is 3.20. The molecule has 15 nitrogen and oxygen atoms in total. The standard InChI is InChI=1S/C43H54N4O11/c1-25-20-30-38(45-15-9-11-28-10-8-12-29-32(48)24-37(57-42(28)29)47-16-18-56-19-17-47)33(49)23-31(40(30)52)46-36(50)14-7-6-13-34(54-4)41(58-43(44)53)27(3)22-26(2)39(51)35(21-25)55-5/h6-8,10,12-14,22-26,34-35,39,41,45,51H,9,11,15-21H2,1-5H3,(H2,44,53)(H,46,50)/b13-6-,14-7+,27-22+/t25-,26+,34+,35+,39-,41+/m1/s1. The Kier molecular flexibility index (Phi) is 15.4. The van der Waals surface area contributed by atoms with E-state index in [4.69, 9.17) is 29.1 Å². The summed E-state index contributed by atoms with van der Waals surface area (Å²) in [4.78, 5) is 67.6. The average molecular weight is 803 g/mol. The van der Waals surface area contributed by atoms with Crippen molar-refractivity contribution in [3.8, 4) is 0 Å². The quantitative estimate of drug-likeness (QED) is 0.163. The van der Waals surface area contributed by atoms with Crippen molar-refractivity contribution in [2.45, 2.75) is 70.9 Å².